The molecule has 168 valence electrons. The van der Waals surface area contributed by atoms with Crippen LogP contribution in [-0.4, -0.2) is 48.6 Å². The van der Waals surface area contributed by atoms with Crippen molar-refractivity contribution in [1.29, 1.82) is 0 Å². The van der Waals surface area contributed by atoms with Crippen molar-refractivity contribution in [3.05, 3.63) is 70.3 Å². The molecule has 0 aromatic heterocycles. The van der Waals surface area contributed by atoms with Gasteiger partial charge in [0.2, 0.25) is 0 Å². The normalized spacial score (nSPS) is 19.5. The summed E-state index contributed by atoms with van der Waals surface area (Å²) in [6, 6.07) is 15.3. The highest BCUT2D eigenvalue weighted by Crippen LogP contribution is 2.30. The van der Waals surface area contributed by atoms with Crippen molar-refractivity contribution in [2.45, 2.75) is 51.4 Å². The maximum atomic E-state index is 12.9. The number of amides is 2. The minimum Gasteiger partial charge on any atom is -0.324 e. The van der Waals surface area contributed by atoms with Crippen LogP contribution in [0.3, 0.4) is 0 Å². The maximum Gasteiger partial charge on any atom is 0.321 e. The minimum absolute atomic E-state index is 0.0355. The molecule has 0 unspecified atom stereocenters. The van der Waals surface area contributed by atoms with Crippen molar-refractivity contribution in [1.82, 2.24) is 9.80 Å². The summed E-state index contributed by atoms with van der Waals surface area (Å²) in [5.74, 6) is 0.560. The molecule has 2 heterocycles. The smallest absolute Gasteiger partial charge is 0.321 e. The summed E-state index contributed by atoms with van der Waals surface area (Å²) in [6.45, 7) is 7.38. The first-order valence-corrected chi connectivity index (χ1v) is 12.3. The Hall–Kier alpha value is -2.59. The molecule has 0 spiro atoms. The van der Waals surface area contributed by atoms with Crippen molar-refractivity contribution in [2.75, 3.05) is 38.0 Å². The van der Waals surface area contributed by atoms with Gasteiger partial charge in [-0.3, -0.25) is 4.90 Å². The van der Waals surface area contributed by atoms with Crippen LogP contribution in [0.15, 0.2) is 48.0 Å². The van der Waals surface area contributed by atoms with Crippen molar-refractivity contribution in [2.24, 2.45) is 0 Å². The summed E-state index contributed by atoms with van der Waals surface area (Å²) >= 11 is 0. The molecule has 0 atom stereocenters. The van der Waals surface area contributed by atoms with E-state index in [1.165, 1.54) is 48.2 Å². The van der Waals surface area contributed by atoms with E-state index >= 15 is 0 Å². The Morgan fingerprint density at radius 2 is 1.72 bits per heavy atom. The molecule has 0 bridgehead atoms. The number of fused-ring (bicyclic) bond motifs is 1. The number of likely N-dealkylation sites (tertiary alicyclic amines) is 2. The number of rotatable bonds is 4. The van der Waals surface area contributed by atoms with E-state index in [2.05, 4.69) is 65.7 Å². The van der Waals surface area contributed by atoms with E-state index in [0.717, 1.165) is 51.0 Å². The summed E-state index contributed by atoms with van der Waals surface area (Å²) in [6.07, 6.45) is 9.33. The first-order chi connectivity index (χ1) is 15.6. The van der Waals surface area contributed by atoms with Gasteiger partial charge in [0.25, 0.3) is 0 Å². The number of carbonyl (C=O) groups excluding carboxylic acids is 1. The van der Waals surface area contributed by atoms with Crippen molar-refractivity contribution in [3.63, 3.8) is 0 Å². The standard InChI is InChI=1S/C28H35N3O/c1-21-4-7-23(8-5-21)24-12-16-31(17-13-24)28(32)29-27-11-10-25-18-22(6-9-26(25)19-27)20-30-14-2-3-15-30/h4-5,7-8,10-11,18-19,24H,2-3,6,9,12-17,20H2,1H3,(H,29,32). The quantitative estimate of drug-likeness (QED) is 0.663. The van der Waals surface area contributed by atoms with Crippen molar-refractivity contribution in [3.8, 4) is 0 Å². The molecule has 4 nitrogen and oxygen atoms in total. The molecule has 4 heteroatoms. The third-order valence-electron chi connectivity index (χ3n) is 7.43. The lowest BCUT2D eigenvalue weighted by atomic mass is 9.89. The number of aryl methyl sites for hydroxylation is 2. The van der Waals surface area contributed by atoms with Crippen LogP contribution in [0.2, 0.25) is 0 Å². The molecular weight excluding hydrogens is 394 g/mol. The number of carbonyl (C=O) groups is 1. The molecule has 3 aliphatic rings. The van der Waals surface area contributed by atoms with E-state index in [1.54, 1.807) is 5.57 Å². The van der Waals surface area contributed by atoms with Crippen LogP contribution in [0.4, 0.5) is 10.5 Å². The predicted molar refractivity (Wildman–Crippen MR) is 132 cm³/mol. The Balaban J connectivity index is 1.16. The Kier molecular flexibility index (Phi) is 6.31. The molecule has 2 aliphatic heterocycles. The highest BCUT2D eigenvalue weighted by Gasteiger charge is 2.24. The molecule has 0 radical (unpaired) electrons. The lowest BCUT2D eigenvalue weighted by Crippen LogP contribution is -2.40. The Labute approximate surface area is 192 Å². The number of urea groups is 1. The molecule has 2 amide bonds. The summed E-state index contributed by atoms with van der Waals surface area (Å²) in [5, 5.41) is 3.15. The number of piperidine rings is 1. The van der Waals surface area contributed by atoms with Gasteiger partial charge in [0, 0.05) is 25.3 Å². The highest BCUT2D eigenvalue weighted by atomic mass is 16.2. The van der Waals surface area contributed by atoms with Crippen LogP contribution in [0.5, 0.6) is 0 Å². The second-order valence-corrected chi connectivity index (χ2v) is 9.80. The van der Waals surface area contributed by atoms with Gasteiger partial charge in [-0.2, -0.15) is 0 Å². The fourth-order valence-corrected chi connectivity index (χ4v) is 5.44. The Morgan fingerprint density at radius 1 is 0.969 bits per heavy atom. The zero-order valence-corrected chi connectivity index (χ0v) is 19.3. The molecule has 32 heavy (non-hydrogen) atoms. The molecule has 2 aromatic rings. The van der Waals surface area contributed by atoms with Crippen LogP contribution in [0, 0.1) is 6.92 Å². The van der Waals surface area contributed by atoms with Crippen molar-refractivity contribution < 1.29 is 4.79 Å². The topological polar surface area (TPSA) is 35.6 Å². The Morgan fingerprint density at radius 3 is 2.47 bits per heavy atom. The van der Waals surface area contributed by atoms with E-state index in [1.807, 2.05) is 4.90 Å². The van der Waals surface area contributed by atoms with E-state index in [9.17, 15) is 4.79 Å². The van der Waals surface area contributed by atoms with Gasteiger partial charge < -0.3 is 10.2 Å². The second kappa shape index (κ2) is 9.50. The lowest BCUT2D eigenvalue weighted by Gasteiger charge is -2.32. The van der Waals surface area contributed by atoms with E-state index < -0.39 is 0 Å². The predicted octanol–water partition coefficient (Wildman–Crippen LogP) is 5.83. The molecule has 2 fully saturated rings. The maximum absolute atomic E-state index is 12.9. The van der Waals surface area contributed by atoms with Crippen LogP contribution >= 0.6 is 0 Å². The summed E-state index contributed by atoms with van der Waals surface area (Å²) in [7, 11) is 0. The number of benzene rings is 2. The molecule has 1 aliphatic carbocycles. The Bertz CT molecular complexity index is 980. The molecule has 1 N–H and O–H groups in total. The van der Waals surface area contributed by atoms with Crippen LogP contribution < -0.4 is 5.32 Å². The first-order valence-electron chi connectivity index (χ1n) is 12.3. The zero-order chi connectivity index (χ0) is 21.9. The van der Waals surface area contributed by atoms with Gasteiger partial charge >= 0.3 is 6.03 Å². The molecular formula is C28H35N3O. The molecule has 0 saturated carbocycles. The SMILES string of the molecule is Cc1ccc(C2CCN(C(=O)Nc3ccc4c(c3)CCC(CN3CCCC3)=C4)CC2)cc1. The van der Waals surface area contributed by atoms with Gasteiger partial charge in [0.05, 0.1) is 0 Å². The van der Waals surface area contributed by atoms with E-state index in [4.69, 9.17) is 0 Å². The zero-order valence-electron chi connectivity index (χ0n) is 19.3. The summed E-state index contributed by atoms with van der Waals surface area (Å²) in [4.78, 5) is 17.4. The summed E-state index contributed by atoms with van der Waals surface area (Å²) in [5.41, 5.74) is 7.85. The third kappa shape index (κ3) is 4.91. The number of hydrogen-bond acceptors (Lipinski definition) is 2. The summed E-state index contributed by atoms with van der Waals surface area (Å²) < 4.78 is 0. The number of nitrogens with zero attached hydrogens (tertiary/aromatic N) is 2. The van der Waals surface area contributed by atoms with Gasteiger partial charge in [-0.15, -0.1) is 0 Å². The molecule has 5 rings (SSSR count). The third-order valence-corrected chi connectivity index (χ3v) is 7.43. The molecule has 2 aromatic carbocycles. The van der Waals surface area contributed by atoms with Gasteiger partial charge in [-0.05, 0) is 93.3 Å². The van der Waals surface area contributed by atoms with Gasteiger partial charge in [-0.25, -0.2) is 4.79 Å². The van der Waals surface area contributed by atoms with Gasteiger partial charge in [0.15, 0.2) is 0 Å². The van der Waals surface area contributed by atoms with Crippen LogP contribution in [0.1, 0.15) is 60.3 Å². The highest BCUT2D eigenvalue weighted by molar-refractivity contribution is 5.89. The van der Waals surface area contributed by atoms with Gasteiger partial charge in [-0.1, -0.05) is 47.5 Å². The number of nitrogens with one attached hydrogen (secondary N) is 1. The second-order valence-electron chi connectivity index (χ2n) is 9.80. The minimum atomic E-state index is 0.0355. The van der Waals surface area contributed by atoms with E-state index in [0.29, 0.717) is 5.92 Å². The van der Waals surface area contributed by atoms with E-state index in [-0.39, 0.29) is 6.03 Å². The van der Waals surface area contributed by atoms with Crippen molar-refractivity contribution >= 4 is 17.8 Å². The van der Waals surface area contributed by atoms with Crippen LogP contribution in [0.25, 0.3) is 6.08 Å². The average Bonchev–Trinajstić information content (AvgIpc) is 3.33. The fraction of sp³-hybridized carbons (Fsp3) is 0.464. The average molecular weight is 430 g/mol. The largest absolute Gasteiger partial charge is 0.324 e. The lowest BCUT2D eigenvalue weighted by molar-refractivity contribution is 0.194. The fourth-order valence-electron chi connectivity index (χ4n) is 5.44. The number of anilines is 1. The molecule has 2 saturated heterocycles. The van der Waals surface area contributed by atoms with Crippen LogP contribution in [-0.2, 0) is 6.42 Å². The first kappa shape index (κ1) is 21.3. The number of hydrogen-bond donors (Lipinski definition) is 1. The monoisotopic (exact) mass is 429 g/mol. The van der Waals surface area contributed by atoms with Gasteiger partial charge in [0.1, 0.15) is 0 Å².